The highest BCUT2D eigenvalue weighted by Crippen LogP contribution is 2.39. The molecule has 0 aromatic heterocycles. The maximum atomic E-state index is 12.6. The summed E-state index contributed by atoms with van der Waals surface area (Å²) in [6.45, 7) is 9.78. The van der Waals surface area contributed by atoms with Crippen molar-refractivity contribution in [3.8, 4) is 0 Å². The van der Waals surface area contributed by atoms with Gasteiger partial charge in [-0.05, 0) is 38.5 Å². The van der Waals surface area contributed by atoms with Gasteiger partial charge < -0.3 is 4.90 Å². The zero-order valence-electron chi connectivity index (χ0n) is 14.2. The van der Waals surface area contributed by atoms with Crippen molar-refractivity contribution < 1.29 is 13.2 Å². The van der Waals surface area contributed by atoms with Gasteiger partial charge in [-0.3, -0.25) is 4.79 Å². The third kappa shape index (κ3) is 4.08. The van der Waals surface area contributed by atoms with Crippen LogP contribution in [0.5, 0.6) is 0 Å². The summed E-state index contributed by atoms with van der Waals surface area (Å²) < 4.78 is 27.9. The molecule has 1 aliphatic heterocycles. The summed E-state index contributed by atoms with van der Waals surface area (Å²) >= 11 is 1.66. The molecule has 0 unspecified atom stereocenters. The lowest BCUT2D eigenvalue weighted by Gasteiger charge is -2.32. The molecule has 1 heterocycles. The lowest BCUT2D eigenvalue weighted by atomic mass is 10.0. The van der Waals surface area contributed by atoms with Gasteiger partial charge in [0.2, 0.25) is 15.9 Å². The Kier molecular flexibility index (Phi) is 5.13. The van der Waals surface area contributed by atoms with Crippen molar-refractivity contribution in [3.05, 3.63) is 18.2 Å². The topological polar surface area (TPSA) is 66.5 Å². The van der Waals surface area contributed by atoms with E-state index in [9.17, 15) is 13.2 Å². The molecule has 128 valence electrons. The molecule has 0 fully saturated rings. The number of nitrogens with zero attached hydrogens (tertiary/aromatic N) is 1. The number of sulfonamides is 1. The summed E-state index contributed by atoms with van der Waals surface area (Å²) in [6, 6.07) is 5.00. The Morgan fingerprint density at radius 3 is 2.65 bits per heavy atom. The fourth-order valence-corrected chi connectivity index (χ4v) is 4.97. The number of carbonyl (C=O) groups excluding carboxylic acids is 1. The summed E-state index contributed by atoms with van der Waals surface area (Å²) in [5.41, 5.74) is 0.163. The molecule has 0 saturated heterocycles. The zero-order chi connectivity index (χ0) is 17.4. The number of amides is 1. The number of thioether (sulfide) groups is 1. The van der Waals surface area contributed by atoms with E-state index >= 15 is 0 Å². The van der Waals surface area contributed by atoms with E-state index in [1.807, 2.05) is 20.8 Å². The highest BCUT2D eigenvalue weighted by Gasteiger charge is 2.29. The Morgan fingerprint density at radius 1 is 1.43 bits per heavy atom. The van der Waals surface area contributed by atoms with Crippen LogP contribution in [0.2, 0.25) is 0 Å². The second-order valence-corrected chi connectivity index (χ2v) is 9.69. The number of hydrogen-bond donors (Lipinski definition) is 1. The normalized spacial score (nSPS) is 18.7. The highest BCUT2D eigenvalue weighted by atomic mass is 32.2. The number of benzene rings is 1. The van der Waals surface area contributed by atoms with Gasteiger partial charge in [0, 0.05) is 29.2 Å². The molecule has 0 radical (unpaired) electrons. The van der Waals surface area contributed by atoms with Crippen LogP contribution in [0.25, 0.3) is 0 Å². The Balaban J connectivity index is 2.44. The molecule has 23 heavy (non-hydrogen) atoms. The molecule has 0 spiro atoms. The van der Waals surface area contributed by atoms with Crippen molar-refractivity contribution in [2.45, 2.75) is 61.6 Å². The van der Waals surface area contributed by atoms with Gasteiger partial charge in [0.05, 0.1) is 10.6 Å². The van der Waals surface area contributed by atoms with E-state index < -0.39 is 15.6 Å². The number of nitrogens with one attached hydrogen (secondary N) is 1. The Bertz CT molecular complexity index is 714. The molecule has 0 aliphatic carbocycles. The molecule has 1 aliphatic rings. The molecule has 2 rings (SSSR count). The first-order valence-electron chi connectivity index (χ1n) is 7.68. The molecule has 1 aromatic carbocycles. The number of carbonyl (C=O) groups is 1. The summed E-state index contributed by atoms with van der Waals surface area (Å²) in [7, 11) is -3.62. The van der Waals surface area contributed by atoms with Gasteiger partial charge in [-0.25, -0.2) is 13.1 Å². The van der Waals surface area contributed by atoms with Gasteiger partial charge in [0.15, 0.2) is 0 Å². The minimum Gasteiger partial charge on any atom is -0.310 e. The Morgan fingerprint density at radius 2 is 2.09 bits per heavy atom. The van der Waals surface area contributed by atoms with Crippen LogP contribution < -0.4 is 9.62 Å². The molecule has 1 aromatic rings. The van der Waals surface area contributed by atoms with Gasteiger partial charge >= 0.3 is 0 Å². The number of anilines is 1. The van der Waals surface area contributed by atoms with E-state index in [2.05, 4.69) is 11.6 Å². The second kappa shape index (κ2) is 6.45. The standard InChI is InChI=1S/C16H24N2O3S2/c1-6-16(4,5)17-23(20,21)13-7-8-15-14(9-13)18(12(3)19)10-11(2)22-15/h7-9,11,17H,6,10H2,1-5H3/t11-/m0/s1. The molecule has 0 saturated carbocycles. The van der Waals surface area contributed by atoms with Crippen molar-refractivity contribution in [2.24, 2.45) is 0 Å². The minimum absolute atomic E-state index is 0.0743. The van der Waals surface area contributed by atoms with Gasteiger partial charge in [0.25, 0.3) is 0 Å². The highest BCUT2D eigenvalue weighted by molar-refractivity contribution is 8.00. The van der Waals surface area contributed by atoms with Crippen molar-refractivity contribution in [1.29, 1.82) is 0 Å². The quantitative estimate of drug-likeness (QED) is 0.900. The number of rotatable bonds is 4. The number of hydrogen-bond acceptors (Lipinski definition) is 4. The number of fused-ring (bicyclic) bond motifs is 1. The van der Waals surface area contributed by atoms with Gasteiger partial charge in [-0.1, -0.05) is 13.8 Å². The van der Waals surface area contributed by atoms with Crippen LogP contribution in [0.3, 0.4) is 0 Å². The molecule has 7 heteroatoms. The molecule has 0 bridgehead atoms. The average Bonchev–Trinajstić information content (AvgIpc) is 2.44. The van der Waals surface area contributed by atoms with Crippen molar-refractivity contribution in [3.63, 3.8) is 0 Å². The molecule has 1 atom stereocenters. The van der Waals surface area contributed by atoms with Crippen LogP contribution in [0, 0.1) is 0 Å². The lowest BCUT2D eigenvalue weighted by molar-refractivity contribution is -0.116. The first kappa shape index (κ1) is 18.3. The minimum atomic E-state index is -3.62. The molecular weight excluding hydrogens is 332 g/mol. The predicted molar refractivity (Wildman–Crippen MR) is 94.5 cm³/mol. The maximum Gasteiger partial charge on any atom is 0.241 e. The van der Waals surface area contributed by atoms with Crippen molar-refractivity contribution in [1.82, 2.24) is 4.72 Å². The first-order valence-corrected chi connectivity index (χ1v) is 10.0. The van der Waals surface area contributed by atoms with E-state index in [1.165, 1.54) is 6.92 Å². The van der Waals surface area contributed by atoms with Gasteiger partial charge in [-0.15, -0.1) is 11.8 Å². The Labute approximate surface area is 142 Å². The summed E-state index contributed by atoms with van der Waals surface area (Å²) in [4.78, 5) is 14.7. The average molecular weight is 357 g/mol. The van der Waals surface area contributed by atoms with Crippen molar-refractivity contribution >= 4 is 33.4 Å². The van der Waals surface area contributed by atoms with Crippen molar-refractivity contribution in [2.75, 3.05) is 11.4 Å². The third-order valence-electron chi connectivity index (χ3n) is 3.97. The summed E-state index contributed by atoms with van der Waals surface area (Å²) in [6.07, 6.45) is 0.685. The molecular formula is C16H24N2O3S2. The van der Waals surface area contributed by atoms with Crippen LogP contribution in [-0.4, -0.2) is 31.7 Å². The van der Waals surface area contributed by atoms with Crippen LogP contribution in [0.4, 0.5) is 5.69 Å². The van der Waals surface area contributed by atoms with Crippen LogP contribution >= 0.6 is 11.8 Å². The third-order valence-corrected chi connectivity index (χ3v) is 6.82. The smallest absolute Gasteiger partial charge is 0.241 e. The molecule has 1 amide bonds. The van der Waals surface area contributed by atoms with E-state index in [4.69, 9.17) is 0 Å². The monoisotopic (exact) mass is 356 g/mol. The van der Waals surface area contributed by atoms with E-state index in [-0.39, 0.29) is 16.1 Å². The van der Waals surface area contributed by atoms with Crippen LogP contribution in [-0.2, 0) is 14.8 Å². The van der Waals surface area contributed by atoms with E-state index in [0.717, 1.165) is 4.90 Å². The summed E-state index contributed by atoms with van der Waals surface area (Å²) in [5, 5.41) is 0.283. The van der Waals surface area contributed by atoms with Gasteiger partial charge in [0.1, 0.15) is 0 Å². The van der Waals surface area contributed by atoms with Gasteiger partial charge in [-0.2, -0.15) is 0 Å². The zero-order valence-corrected chi connectivity index (χ0v) is 15.8. The SMILES string of the molecule is CCC(C)(C)NS(=O)(=O)c1ccc2c(c1)N(C(C)=O)C[C@H](C)S2. The molecule has 1 N–H and O–H groups in total. The maximum absolute atomic E-state index is 12.6. The van der Waals surface area contributed by atoms with Crippen LogP contribution in [0.15, 0.2) is 28.0 Å². The Hall–Kier alpha value is -1.05. The molecule has 5 nitrogen and oxygen atoms in total. The van der Waals surface area contributed by atoms with E-state index in [1.54, 1.807) is 34.9 Å². The lowest BCUT2D eigenvalue weighted by Crippen LogP contribution is -2.43. The largest absolute Gasteiger partial charge is 0.310 e. The summed E-state index contributed by atoms with van der Waals surface area (Å²) in [5.74, 6) is -0.0743. The fourth-order valence-electron chi connectivity index (χ4n) is 2.38. The second-order valence-electron chi connectivity index (χ2n) is 6.53. The fraction of sp³-hybridized carbons (Fsp3) is 0.562. The van der Waals surface area contributed by atoms with Crippen LogP contribution in [0.1, 0.15) is 41.0 Å². The van der Waals surface area contributed by atoms with E-state index in [0.29, 0.717) is 18.7 Å². The first-order chi connectivity index (χ1) is 10.6. The predicted octanol–water partition coefficient (Wildman–Crippen LogP) is 3.00.